The Morgan fingerprint density at radius 2 is 2.04 bits per heavy atom. The van der Waals surface area contributed by atoms with Crippen LogP contribution in [0.2, 0.25) is 0 Å². The van der Waals surface area contributed by atoms with E-state index in [0.717, 1.165) is 37.1 Å². The molecule has 0 aliphatic heterocycles. The molecule has 2 heterocycles. The smallest absolute Gasteiger partial charge is 0.191 e. The molecule has 0 bridgehead atoms. The highest BCUT2D eigenvalue weighted by atomic mass is 127. The number of hydrogen-bond donors (Lipinski definition) is 3. The van der Waals surface area contributed by atoms with E-state index in [1.54, 1.807) is 0 Å². The van der Waals surface area contributed by atoms with Crippen LogP contribution in [-0.4, -0.2) is 38.8 Å². The van der Waals surface area contributed by atoms with Gasteiger partial charge in [0.15, 0.2) is 11.8 Å². The molecule has 3 N–H and O–H groups in total. The molecule has 0 spiro atoms. The van der Waals surface area contributed by atoms with E-state index in [1.807, 2.05) is 24.6 Å². The van der Waals surface area contributed by atoms with Gasteiger partial charge in [-0.15, -0.1) is 34.2 Å². The number of guanidine groups is 1. The maximum atomic E-state index is 4.60. The van der Waals surface area contributed by atoms with Gasteiger partial charge in [-0.1, -0.05) is 18.2 Å². The van der Waals surface area contributed by atoms with Gasteiger partial charge in [-0.3, -0.25) is 0 Å². The monoisotopic (exact) mass is 467 g/mol. The van der Waals surface area contributed by atoms with Gasteiger partial charge in [-0.25, -0.2) is 4.99 Å². The van der Waals surface area contributed by atoms with E-state index < -0.39 is 0 Å². The van der Waals surface area contributed by atoms with Gasteiger partial charge in [-0.2, -0.15) is 0 Å². The first kappa shape index (κ1) is 20.2. The zero-order chi connectivity index (χ0) is 17.6. The Balaban J connectivity index is 0.00000243. The quantitative estimate of drug-likeness (QED) is 0.296. The molecule has 0 atom stereocenters. The van der Waals surface area contributed by atoms with Crippen molar-refractivity contribution >= 4 is 40.8 Å². The molecule has 0 radical (unpaired) electrons. The minimum Gasteiger partial charge on any atom is -0.361 e. The lowest BCUT2D eigenvalue weighted by atomic mass is 10.1. The lowest BCUT2D eigenvalue weighted by molar-refractivity contribution is 0.754. The normalized spacial score (nSPS) is 11.4. The van der Waals surface area contributed by atoms with E-state index in [-0.39, 0.29) is 24.0 Å². The summed E-state index contributed by atoms with van der Waals surface area (Å²) >= 11 is 0. The lowest BCUT2D eigenvalue weighted by Crippen LogP contribution is -2.38. The van der Waals surface area contributed by atoms with E-state index in [2.05, 4.69) is 62.1 Å². The van der Waals surface area contributed by atoms with Crippen molar-refractivity contribution in [2.24, 2.45) is 12.0 Å². The molecule has 0 unspecified atom stereocenters. The maximum Gasteiger partial charge on any atom is 0.191 e. The topological polar surface area (TPSA) is 82.9 Å². The molecule has 0 amide bonds. The summed E-state index contributed by atoms with van der Waals surface area (Å²) in [5, 5.41) is 16.1. The second kappa shape index (κ2) is 9.56. The number of aliphatic imine (C=N–C) groups is 1. The number of hydrogen-bond acceptors (Lipinski definition) is 3. The van der Waals surface area contributed by atoms with E-state index in [4.69, 9.17) is 0 Å². The Hall–Kier alpha value is -2.10. The molecule has 7 nitrogen and oxygen atoms in total. The number of halogens is 1. The number of fused-ring (bicyclic) bond motifs is 1. The van der Waals surface area contributed by atoms with Crippen molar-refractivity contribution in [3.05, 3.63) is 47.7 Å². The van der Waals surface area contributed by atoms with Crippen LogP contribution >= 0.6 is 24.0 Å². The molecule has 0 saturated heterocycles. The number of nitrogens with one attached hydrogen (secondary N) is 3. The number of aryl methyl sites for hydroxylation is 1. The molecular formula is C18H26IN7. The van der Waals surface area contributed by atoms with E-state index >= 15 is 0 Å². The van der Waals surface area contributed by atoms with Crippen molar-refractivity contribution in [1.82, 2.24) is 30.4 Å². The summed E-state index contributed by atoms with van der Waals surface area (Å²) in [6.07, 6.45) is 3.01. The van der Waals surface area contributed by atoms with E-state index in [1.165, 1.54) is 16.5 Å². The Morgan fingerprint density at radius 1 is 1.23 bits per heavy atom. The van der Waals surface area contributed by atoms with Gasteiger partial charge in [-0.05, 0) is 31.9 Å². The number of aromatic nitrogens is 4. The highest BCUT2D eigenvalue weighted by Crippen LogP contribution is 2.17. The van der Waals surface area contributed by atoms with Crippen molar-refractivity contribution < 1.29 is 0 Å². The summed E-state index contributed by atoms with van der Waals surface area (Å²) in [6, 6.07) is 8.37. The van der Waals surface area contributed by atoms with Gasteiger partial charge in [0.25, 0.3) is 0 Å². The predicted octanol–water partition coefficient (Wildman–Crippen LogP) is 2.52. The molecule has 8 heteroatoms. The van der Waals surface area contributed by atoms with Gasteiger partial charge >= 0.3 is 0 Å². The van der Waals surface area contributed by atoms with Gasteiger partial charge in [0.1, 0.15) is 12.4 Å². The highest BCUT2D eigenvalue weighted by molar-refractivity contribution is 14.0. The minimum atomic E-state index is 0. The molecule has 3 rings (SSSR count). The second-order valence-corrected chi connectivity index (χ2v) is 5.95. The van der Waals surface area contributed by atoms with E-state index in [0.29, 0.717) is 6.54 Å². The average molecular weight is 467 g/mol. The van der Waals surface area contributed by atoms with Crippen LogP contribution in [0.3, 0.4) is 0 Å². The van der Waals surface area contributed by atoms with Gasteiger partial charge in [0.05, 0.1) is 0 Å². The first-order valence-corrected chi connectivity index (χ1v) is 8.61. The Kier molecular flexibility index (Phi) is 7.43. The summed E-state index contributed by atoms with van der Waals surface area (Å²) in [5.74, 6) is 2.54. The summed E-state index contributed by atoms with van der Waals surface area (Å²) in [4.78, 5) is 7.92. The minimum absolute atomic E-state index is 0. The van der Waals surface area contributed by atoms with Crippen molar-refractivity contribution in [3.63, 3.8) is 0 Å². The number of H-pyrrole nitrogens is 1. The Morgan fingerprint density at radius 3 is 2.77 bits per heavy atom. The van der Waals surface area contributed by atoms with Crippen molar-refractivity contribution in [1.29, 1.82) is 0 Å². The zero-order valence-corrected chi connectivity index (χ0v) is 17.7. The van der Waals surface area contributed by atoms with Gasteiger partial charge in [0, 0.05) is 37.2 Å². The van der Waals surface area contributed by atoms with Crippen LogP contribution in [0.1, 0.15) is 24.1 Å². The third-order valence-electron chi connectivity index (χ3n) is 4.27. The van der Waals surface area contributed by atoms with Crippen LogP contribution in [0, 0.1) is 6.92 Å². The summed E-state index contributed by atoms with van der Waals surface area (Å²) in [5.41, 5.74) is 2.48. The van der Waals surface area contributed by atoms with Crippen LogP contribution in [0.5, 0.6) is 0 Å². The molecule has 0 aliphatic rings. The fourth-order valence-electron chi connectivity index (χ4n) is 2.73. The number of benzene rings is 1. The van der Waals surface area contributed by atoms with Crippen LogP contribution in [0.25, 0.3) is 10.9 Å². The van der Waals surface area contributed by atoms with Crippen LogP contribution in [-0.2, 0) is 20.0 Å². The first-order chi connectivity index (χ1) is 12.2. The summed E-state index contributed by atoms with van der Waals surface area (Å²) in [7, 11) is 1.96. The van der Waals surface area contributed by atoms with Crippen LogP contribution in [0.4, 0.5) is 0 Å². The van der Waals surface area contributed by atoms with Crippen molar-refractivity contribution in [3.8, 4) is 0 Å². The number of rotatable bonds is 6. The Bertz CT molecular complexity index is 865. The maximum absolute atomic E-state index is 4.60. The fourth-order valence-corrected chi connectivity index (χ4v) is 2.73. The molecule has 0 saturated carbocycles. The highest BCUT2D eigenvalue weighted by Gasteiger charge is 2.06. The van der Waals surface area contributed by atoms with Crippen molar-refractivity contribution in [2.45, 2.75) is 26.8 Å². The standard InChI is InChI=1S/C18H25N7.HI/c1-4-19-18(22-12-17-24-23-13(2)25(17)3)20-10-9-14-11-21-16-8-6-5-7-15(14)16;/h5-8,11,21H,4,9-10,12H2,1-3H3,(H2,19,20,22);1H. The molecule has 0 aliphatic carbocycles. The largest absolute Gasteiger partial charge is 0.361 e. The lowest BCUT2D eigenvalue weighted by Gasteiger charge is -2.11. The zero-order valence-electron chi connectivity index (χ0n) is 15.4. The number of para-hydroxylation sites is 1. The predicted molar refractivity (Wildman–Crippen MR) is 116 cm³/mol. The molecule has 26 heavy (non-hydrogen) atoms. The fraction of sp³-hybridized carbons (Fsp3) is 0.389. The van der Waals surface area contributed by atoms with Crippen molar-refractivity contribution in [2.75, 3.05) is 13.1 Å². The third-order valence-corrected chi connectivity index (χ3v) is 4.27. The molecule has 2 aromatic heterocycles. The second-order valence-electron chi connectivity index (χ2n) is 5.95. The SMILES string of the molecule is CCNC(=NCc1nnc(C)n1C)NCCc1c[nH]c2ccccc12.I. The van der Waals surface area contributed by atoms with E-state index in [9.17, 15) is 0 Å². The number of aromatic amines is 1. The van der Waals surface area contributed by atoms with Gasteiger partial charge < -0.3 is 20.2 Å². The molecular weight excluding hydrogens is 441 g/mol. The van der Waals surface area contributed by atoms with Crippen LogP contribution in [0.15, 0.2) is 35.5 Å². The number of nitrogens with zero attached hydrogens (tertiary/aromatic N) is 4. The molecule has 1 aromatic carbocycles. The Labute approximate surface area is 170 Å². The molecule has 3 aromatic rings. The summed E-state index contributed by atoms with van der Waals surface area (Å²) in [6.45, 7) is 6.12. The summed E-state index contributed by atoms with van der Waals surface area (Å²) < 4.78 is 1.96. The van der Waals surface area contributed by atoms with Gasteiger partial charge in [0.2, 0.25) is 0 Å². The van der Waals surface area contributed by atoms with Crippen LogP contribution < -0.4 is 10.6 Å². The average Bonchev–Trinajstić information content (AvgIpc) is 3.17. The third kappa shape index (κ3) is 4.75. The first-order valence-electron chi connectivity index (χ1n) is 8.61. The molecule has 0 fully saturated rings. The molecule has 140 valence electrons.